The Bertz CT molecular complexity index is 827. The van der Waals surface area contributed by atoms with Gasteiger partial charge in [0.05, 0.1) is 7.11 Å². The molecule has 1 aromatic heterocycles. The molecule has 3 N–H and O–H groups in total. The number of aromatic nitrogens is 1. The van der Waals surface area contributed by atoms with Gasteiger partial charge in [-0.2, -0.15) is 0 Å². The van der Waals surface area contributed by atoms with Crippen LogP contribution in [-0.2, 0) is 22.6 Å². The lowest BCUT2D eigenvalue weighted by atomic mass is 10.0. The number of fused-ring (bicyclic) bond motifs is 1. The second kappa shape index (κ2) is 7.19. The molecule has 3 rings (SSSR count). The average Bonchev–Trinajstić information content (AvgIpc) is 3.03. The summed E-state index contributed by atoms with van der Waals surface area (Å²) in [5, 5.41) is 0.950. The van der Waals surface area contributed by atoms with Gasteiger partial charge in [-0.25, -0.2) is 0 Å². The molecular weight excluding hydrogens is 304 g/mol. The standard InChI is InChI=1S/C19H20N2O3/c1-23-17-9-5-8-16-18(17)14(11-21-16)10-15(20)19(22)24-12-13-6-3-2-4-7-13/h2-9,11,15,21H,10,12,20H2,1H3/t15-/m1/s1. The Kier molecular flexibility index (Phi) is 4.82. The third-order valence-corrected chi connectivity index (χ3v) is 3.94. The van der Waals surface area contributed by atoms with Crippen molar-refractivity contribution in [3.63, 3.8) is 0 Å². The highest BCUT2D eigenvalue weighted by Crippen LogP contribution is 2.29. The minimum absolute atomic E-state index is 0.227. The molecule has 0 aliphatic rings. The van der Waals surface area contributed by atoms with Crippen molar-refractivity contribution in [2.75, 3.05) is 7.11 Å². The number of methoxy groups -OCH3 is 1. The molecule has 2 aromatic carbocycles. The van der Waals surface area contributed by atoms with Crippen LogP contribution in [-0.4, -0.2) is 24.1 Å². The molecule has 5 heteroatoms. The van der Waals surface area contributed by atoms with Crippen molar-refractivity contribution in [1.29, 1.82) is 0 Å². The van der Waals surface area contributed by atoms with Crippen molar-refractivity contribution in [3.05, 3.63) is 65.9 Å². The van der Waals surface area contributed by atoms with E-state index in [1.807, 2.05) is 54.7 Å². The van der Waals surface area contributed by atoms with Crippen LogP contribution in [0.5, 0.6) is 5.75 Å². The zero-order valence-electron chi connectivity index (χ0n) is 13.5. The molecule has 1 heterocycles. The van der Waals surface area contributed by atoms with E-state index in [1.165, 1.54) is 0 Å². The van der Waals surface area contributed by atoms with Gasteiger partial charge in [-0.05, 0) is 23.3 Å². The van der Waals surface area contributed by atoms with E-state index in [0.717, 1.165) is 27.8 Å². The van der Waals surface area contributed by atoms with E-state index in [0.29, 0.717) is 6.42 Å². The molecule has 0 fully saturated rings. The van der Waals surface area contributed by atoms with Gasteiger partial charge in [-0.1, -0.05) is 36.4 Å². The number of carbonyl (C=O) groups excluding carboxylic acids is 1. The number of H-pyrrole nitrogens is 1. The van der Waals surface area contributed by atoms with Gasteiger partial charge in [0.1, 0.15) is 18.4 Å². The van der Waals surface area contributed by atoms with E-state index < -0.39 is 12.0 Å². The number of ether oxygens (including phenoxy) is 2. The molecule has 5 nitrogen and oxygen atoms in total. The topological polar surface area (TPSA) is 77.3 Å². The fourth-order valence-corrected chi connectivity index (χ4v) is 2.71. The smallest absolute Gasteiger partial charge is 0.323 e. The lowest BCUT2D eigenvalue weighted by Crippen LogP contribution is -2.34. The van der Waals surface area contributed by atoms with Crippen LogP contribution in [0.15, 0.2) is 54.7 Å². The predicted molar refractivity (Wildman–Crippen MR) is 92.8 cm³/mol. The highest BCUT2D eigenvalue weighted by atomic mass is 16.5. The maximum atomic E-state index is 12.1. The number of rotatable bonds is 6. The van der Waals surface area contributed by atoms with E-state index in [-0.39, 0.29) is 6.61 Å². The summed E-state index contributed by atoms with van der Waals surface area (Å²) in [7, 11) is 1.62. The first-order valence-corrected chi connectivity index (χ1v) is 7.78. The van der Waals surface area contributed by atoms with Crippen LogP contribution in [0, 0.1) is 0 Å². The summed E-state index contributed by atoms with van der Waals surface area (Å²) in [4.78, 5) is 15.3. The number of aromatic amines is 1. The molecular formula is C19H20N2O3. The number of carbonyl (C=O) groups is 1. The van der Waals surface area contributed by atoms with Gasteiger partial charge in [-0.3, -0.25) is 4.79 Å². The highest BCUT2D eigenvalue weighted by Gasteiger charge is 2.19. The molecule has 124 valence electrons. The van der Waals surface area contributed by atoms with Crippen molar-refractivity contribution >= 4 is 16.9 Å². The number of nitrogens with one attached hydrogen (secondary N) is 1. The molecule has 24 heavy (non-hydrogen) atoms. The Hall–Kier alpha value is -2.79. The number of hydrogen-bond donors (Lipinski definition) is 2. The summed E-state index contributed by atoms with van der Waals surface area (Å²) in [6, 6.07) is 14.6. The lowest BCUT2D eigenvalue weighted by molar-refractivity contribution is -0.146. The second-order valence-corrected chi connectivity index (χ2v) is 5.60. The summed E-state index contributed by atoms with van der Waals surface area (Å²) >= 11 is 0. The van der Waals surface area contributed by atoms with Crippen molar-refractivity contribution in [2.24, 2.45) is 5.73 Å². The minimum atomic E-state index is -0.724. The van der Waals surface area contributed by atoms with E-state index >= 15 is 0 Å². The van der Waals surface area contributed by atoms with E-state index in [9.17, 15) is 4.79 Å². The van der Waals surface area contributed by atoms with Gasteiger partial charge in [0.2, 0.25) is 0 Å². The predicted octanol–water partition coefficient (Wildman–Crippen LogP) is 2.79. The van der Waals surface area contributed by atoms with Crippen LogP contribution in [0.4, 0.5) is 0 Å². The van der Waals surface area contributed by atoms with Crippen LogP contribution in [0.1, 0.15) is 11.1 Å². The Morgan fingerprint density at radius 2 is 1.96 bits per heavy atom. The first kappa shape index (κ1) is 16.1. The third kappa shape index (κ3) is 3.41. The minimum Gasteiger partial charge on any atom is -0.496 e. The summed E-state index contributed by atoms with van der Waals surface area (Å²) in [5.74, 6) is 0.344. The molecule has 1 atom stereocenters. The third-order valence-electron chi connectivity index (χ3n) is 3.94. The zero-order valence-corrected chi connectivity index (χ0v) is 13.5. The van der Waals surface area contributed by atoms with E-state index in [1.54, 1.807) is 7.11 Å². The van der Waals surface area contributed by atoms with Crippen molar-refractivity contribution < 1.29 is 14.3 Å². The van der Waals surface area contributed by atoms with Gasteiger partial charge in [0.15, 0.2) is 0 Å². The SMILES string of the molecule is COc1cccc2[nH]cc(C[C@@H](N)C(=O)OCc3ccccc3)c12. The van der Waals surface area contributed by atoms with Crippen LogP contribution in [0.3, 0.4) is 0 Å². The monoisotopic (exact) mass is 324 g/mol. The Morgan fingerprint density at radius 3 is 2.71 bits per heavy atom. The number of esters is 1. The molecule has 0 saturated heterocycles. The van der Waals surface area contributed by atoms with Crippen molar-refractivity contribution in [3.8, 4) is 5.75 Å². The fraction of sp³-hybridized carbons (Fsp3) is 0.211. The molecule has 0 saturated carbocycles. The largest absolute Gasteiger partial charge is 0.496 e. The number of benzene rings is 2. The Balaban J connectivity index is 1.68. The molecule has 0 bridgehead atoms. The maximum Gasteiger partial charge on any atom is 0.323 e. The highest BCUT2D eigenvalue weighted by molar-refractivity contribution is 5.90. The molecule has 0 unspecified atom stereocenters. The zero-order chi connectivity index (χ0) is 16.9. The molecule has 0 amide bonds. The maximum absolute atomic E-state index is 12.1. The van der Waals surface area contributed by atoms with Crippen LogP contribution in [0.2, 0.25) is 0 Å². The van der Waals surface area contributed by atoms with E-state index in [4.69, 9.17) is 15.2 Å². The quantitative estimate of drug-likeness (QED) is 0.684. The first-order chi connectivity index (χ1) is 11.7. The van der Waals surface area contributed by atoms with Crippen LogP contribution in [0.25, 0.3) is 10.9 Å². The number of hydrogen-bond acceptors (Lipinski definition) is 4. The summed E-state index contributed by atoms with van der Waals surface area (Å²) in [6.45, 7) is 0.227. The van der Waals surface area contributed by atoms with Gasteiger partial charge in [0.25, 0.3) is 0 Å². The summed E-state index contributed by atoms with van der Waals surface area (Å²) in [6.07, 6.45) is 2.24. The second-order valence-electron chi connectivity index (χ2n) is 5.60. The Labute approximate surface area is 140 Å². The first-order valence-electron chi connectivity index (χ1n) is 7.78. The molecule has 0 aliphatic carbocycles. The normalized spacial score (nSPS) is 12.1. The fourth-order valence-electron chi connectivity index (χ4n) is 2.71. The Morgan fingerprint density at radius 1 is 1.17 bits per heavy atom. The van der Waals surface area contributed by atoms with Crippen LogP contribution >= 0.6 is 0 Å². The molecule has 3 aromatic rings. The summed E-state index contributed by atoms with van der Waals surface area (Å²) < 4.78 is 10.7. The number of nitrogens with two attached hydrogens (primary N) is 1. The molecule has 0 spiro atoms. The van der Waals surface area contributed by atoms with E-state index in [2.05, 4.69) is 4.98 Å². The van der Waals surface area contributed by atoms with Crippen molar-refractivity contribution in [1.82, 2.24) is 4.98 Å². The van der Waals surface area contributed by atoms with Gasteiger partial charge in [-0.15, -0.1) is 0 Å². The lowest BCUT2D eigenvalue weighted by Gasteiger charge is -2.12. The van der Waals surface area contributed by atoms with Gasteiger partial charge < -0.3 is 20.2 Å². The van der Waals surface area contributed by atoms with Crippen molar-refractivity contribution in [2.45, 2.75) is 19.1 Å². The van der Waals surface area contributed by atoms with Crippen LogP contribution < -0.4 is 10.5 Å². The van der Waals surface area contributed by atoms with Gasteiger partial charge in [0, 0.05) is 23.5 Å². The molecule has 0 radical (unpaired) electrons. The summed E-state index contributed by atoms with van der Waals surface area (Å²) in [5.41, 5.74) is 8.85. The molecule has 0 aliphatic heterocycles. The van der Waals surface area contributed by atoms with Gasteiger partial charge >= 0.3 is 5.97 Å². The average molecular weight is 324 g/mol.